The summed E-state index contributed by atoms with van der Waals surface area (Å²) in [6, 6.07) is 14.5. The molecule has 136 valence electrons. The number of aromatic carboxylic acids is 1. The van der Waals surface area contributed by atoms with E-state index in [1.807, 2.05) is 37.3 Å². The van der Waals surface area contributed by atoms with E-state index < -0.39 is 5.97 Å². The molecule has 0 unspecified atom stereocenters. The Bertz CT molecular complexity index is 781. The maximum Gasteiger partial charge on any atom is 0.335 e. The van der Waals surface area contributed by atoms with E-state index >= 15 is 0 Å². The van der Waals surface area contributed by atoms with Crippen molar-refractivity contribution >= 4 is 17.6 Å². The summed E-state index contributed by atoms with van der Waals surface area (Å²) in [5.74, 6) is -0.286. The maximum absolute atomic E-state index is 12.3. The van der Waals surface area contributed by atoms with Gasteiger partial charge in [0.05, 0.1) is 5.56 Å². The van der Waals surface area contributed by atoms with E-state index in [4.69, 9.17) is 9.84 Å². The van der Waals surface area contributed by atoms with Crippen LogP contribution in [0.3, 0.4) is 0 Å². The molecule has 1 aliphatic heterocycles. The number of carboxylic acid groups (broad SMARTS) is 1. The SMILES string of the molecule is Cc1ccc(OCC(=O)N2CCN(c3cccc(C(=O)O)c3)CC2)cc1. The molecule has 0 saturated carbocycles. The normalized spacial score (nSPS) is 14.2. The summed E-state index contributed by atoms with van der Waals surface area (Å²) in [6.45, 7) is 4.54. The van der Waals surface area contributed by atoms with E-state index in [0.29, 0.717) is 31.9 Å². The number of nitrogens with zero attached hydrogens (tertiary/aromatic N) is 2. The Balaban J connectivity index is 1.51. The topological polar surface area (TPSA) is 70.1 Å². The largest absolute Gasteiger partial charge is 0.484 e. The van der Waals surface area contributed by atoms with Gasteiger partial charge < -0.3 is 19.6 Å². The highest BCUT2D eigenvalue weighted by atomic mass is 16.5. The van der Waals surface area contributed by atoms with Gasteiger partial charge in [-0.1, -0.05) is 23.8 Å². The molecule has 0 aliphatic carbocycles. The Morgan fingerprint density at radius 3 is 2.38 bits per heavy atom. The summed E-state index contributed by atoms with van der Waals surface area (Å²) < 4.78 is 5.56. The van der Waals surface area contributed by atoms with E-state index in [1.165, 1.54) is 0 Å². The number of anilines is 1. The molecule has 6 heteroatoms. The van der Waals surface area contributed by atoms with Gasteiger partial charge in [-0.3, -0.25) is 4.79 Å². The van der Waals surface area contributed by atoms with Crippen molar-refractivity contribution in [2.45, 2.75) is 6.92 Å². The summed E-state index contributed by atoms with van der Waals surface area (Å²) in [5.41, 5.74) is 2.28. The van der Waals surface area contributed by atoms with Gasteiger partial charge in [-0.05, 0) is 37.3 Å². The van der Waals surface area contributed by atoms with Crippen molar-refractivity contribution in [2.24, 2.45) is 0 Å². The number of aryl methyl sites for hydroxylation is 1. The van der Waals surface area contributed by atoms with Gasteiger partial charge in [-0.15, -0.1) is 0 Å². The summed E-state index contributed by atoms with van der Waals surface area (Å²) in [4.78, 5) is 27.3. The molecule has 1 aliphatic rings. The molecule has 1 fully saturated rings. The third kappa shape index (κ3) is 4.33. The minimum absolute atomic E-state index is 0.0254. The average molecular weight is 354 g/mol. The van der Waals surface area contributed by atoms with Gasteiger partial charge in [0.15, 0.2) is 6.61 Å². The quantitative estimate of drug-likeness (QED) is 0.893. The fourth-order valence-corrected chi connectivity index (χ4v) is 2.92. The number of amides is 1. The zero-order chi connectivity index (χ0) is 18.5. The molecule has 1 saturated heterocycles. The van der Waals surface area contributed by atoms with Crippen LogP contribution in [0.2, 0.25) is 0 Å². The molecule has 0 spiro atoms. The first kappa shape index (κ1) is 17.8. The second-order valence-electron chi connectivity index (χ2n) is 6.33. The fraction of sp³-hybridized carbons (Fsp3) is 0.300. The average Bonchev–Trinajstić information content (AvgIpc) is 2.67. The van der Waals surface area contributed by atoms with Gasteiger partial charge in [0.2, 0.25) is 0 Å². The van der Waals surface area contributed by atoms with E-state index in [9.17, 15) is 9.59 Å². The van der Waals surface area contributed by atoms with Crippen LogP contribution >= 0.6 is 0 Å². The van der Waals surface area contributed by atoms with Crippen LogP contribution in [0.25, 0.3) is 0 Å². The molecule has 0 bridgehead atoms. The fourth-order valence-electron chi connectivity index (χ4n) is 2.92. The third-order valence-corrected chi connectivity index (χ3v) is 4.47. The number of hydrogen-bond donors (Lipinski definition) is 1. The predicted octanol–water partition coefficient (Wildman–Crippen LogP) is 2.42. The lowest BCUT2D eigenvalue weighted by Gasteiger charge is -2.36. The van der Waals surface area contributed by atoms with E-state index in [1.54, 1.807) is 23.1 Å². The zero-order valence-corrected chi connectivity index (χ0v) is 14.7. The smallest absolute Gasteiger partial charge is 0.335 e. The summed E-state index contributed by atoms with van der Waals surface area (Å²) >= 11 is 0. The first-order chi connectivity index (χ1) is 12.5. The van der Waals surface area contributed by atoms with Gasteiger partial charge in [0, 0.05) is 31.9 Å². The molecule has 0 radical (unpaired) electrons. The molecule has 6 nitrogen and oxygen atoms in total. The van der Waals surface area contributed by atoms with Crippen LogP contribution in [-0.2, 0) is 4.79 Å². The molecule has 1 N–H and O–H groups in total. The van der Waals surface area contributed by atoms with Crippen molar-refractivity contribution in [2.75, 3.05) is 37.7 Å². The lowest BCUT2D eigenvalue weighted by Crippen LogP contribution is -2.50. The first-order valence-corrected chi connectivity index (χ1v) is 8.58. The Morgan fingerprint density at radius 2 is 1.73 bits per heavy atom. The molecule has 2 aromatic carbocycles. The second kappa shape index (κ2) is 7.91. The third-order valence-electron chi connectivity index (χ3n) is 4.47. The molecule has 3 rings (SSSR count). The highest BCUT2D eigenvalue weighted by Gasteiger charge is 2.22. The number of carbonyl (C=O) groups is 2. The van der Waals surface area contributed by atoms with Crippen LogP contribution in [-0.4, -0.2) is 54.7 Å². The molecular formula is C20H22N2O4. The van der Waals surface area contributed by atoms with Gasteiger partial charge in [-0.25, -0.2) is 4.79 Å². The zero-order valence-electron chi connectivity index (χ0n) is 14.7. The van der Waals surface area contributed by atoms with Crippen molar-refractivity contribution in [1.82, 2.24) is 4.90 Å². The summed E-state index contributed by atoms with van der Waals surface area (Å²) in [5, 5.41) is 9.11. The Labute approximate surface area is 152 Å². The van der Waals surface area contributed by atoms with Gasteiger partial charge in [-0.2, -0.15) is 0 Å². The highest BCUT2D eigenvalue weighted by Crippen LogP contribution is 2.18. The molecular weight excluding hydrogens is 332 g/mol. The highest BCUT2D eigenvalue weighted by molar-refractivity contribution is 5.88. The Morgan fingerprint density at radius 1 is 1.04 bits per heavy atom. The van der Waals surface area contributed by atoms with Crippen molar-refractivity contribution in [3.05, 3.63) is 59.7 Å². The van der Waals surface area contributed by atoms with Crippen LogP contribution in [0, 0.1) is 6.92 Å². The van der Waals surface area contributed by atoms with Crippen molar-refractivity contribution in [1.29, 1.82) is 0 Å². The lowest BCUT2D eigenvalue weighted by molar-refractivity contribution is -0.133. The van der Waals surface area contributed by atoms with Crippen molar-refractivity contribution < 1.29 is 19.4 Å². The molecule has 26 heavy (non-hydrogen) atoms. The number of carboxylic acids is 1. The number of carbonyl (C=O) groups excluding carboxylic acids is 1. The minimum Gasteiger partial charge on any atom is -0.484 e. The predicted molar refractivity (Wildman–Crippen MR) is 98.9 cm³/mol. The monoisotopic (exact) mass is 354 g/mol. The number of benzene rings is 2. The van der Waals surface area contributed by atoms with Gasteiger partial charge >= 0.3 is 5.97 Å². The molecule has 2 aromatic rings. The van der Waals surface area contributed by atoms with Crippen LogP contribution in [0.4, 0.5) is 5.69 Å². The number of rotatable bonds is 5. The van der Waals surface area contributed by atoms with Crippen LogP contribution in [0.1, 0.15) is 15.9 Å². The standard InChI is InChI=1S/C20H22N2O4/c1-15-5-7-18(8-6-15)26-14-19(23)22-11-9-21(10-12-22)17-4-2-3-16(13-17)20(24)25/h2-8,13H,9-12,14H2,1H3,(H,24,25). The van der Waals surface area contributed by atoms with Crippen LogP contribution in [0.5, 0.6) is 5.75 Å². The second-order valence-corrected chi connectivity index (χ2v) is 6.33. The Hall–Kier alpha value is -3.02. The van der Waals surface area contributed by atoms with Crippen molar-refractivity contribution in [3.63, 3.8) is 0 Å². The minimum atomic E-state index is -0.936. The molecule has 1 heterocycles. The molecule has 0 atom stereocenters. The van der Waals surface area contributed by atoms with Crippen LogP contribution < -0.4 is 9.64 Å². The Kier molecular flexibility index (Phi) is 5.41. The van der Waals surface area contributed by atoms with E-state index in [-0.39, 0.29) is 18.1 Å². The van der Waals surface area contributed by atoms with Crippen LogP contribution in [0.15, 0.2) is 48.5 Å². The van der Waals surface area contributed by atoms with Gasteiger partial charge in [0.1, 0.15) is 5.75 Å². The van der Waals surface area contributed by atoms with Crippen molar-refractivity contribution in [3.8, 4) is 5.75 Å². The summed E-state index contributed by atoms with van der Waals surface area (Å²) in [6.07, 6.45) is 0. The van der Waals surface area contributed by atoms with Gasteiger partial charge in [0.25, 0.3) is 5.91 Å². The number of piperazine rings is 1. The first-order valence-electron chi connectivity index (χ1n) is 8.58. The number of hydrogen-bond acceptors (Lipinski definition) is 4. The summed E-state index contributed by atoms with van der Waals surface area (Å²) in [7, 11) is 0. The maximum atomic E-state index is 12.3. The number of ether oxygens (including phenoxy) is 1. The lowest BCUT2D eigenvalue weighted by atomic mass is 10.1. The molecule has 1 amide bonds. The van der Waals surface area contributed by atoms with E-state index in [2.05, 4.69) is 4.90 Å². The van der Waals surface area contributed by atoms with E-state index in [0.717, 1.165) is 11.3 Å². The molecule has 0 aromatic heterocycles.